The first-order chi connectivity index (χ1) is 9.58. The van der Waals surface area contributed by atoms with Crippen LogP contribution in [0, 0.1) is 6.92 Å². The van der Waals surface area contributed by atoms with Gasteiger partial charge in [-0.05, 0) is 36.8 Å². The summed E-state index contributed by atoms with van der Waals surface area (Å²) in [4.78, 5) is 38.3. The summed E-state index contributed by atoms with van der Waals surface area (Å²) in [5.74, 6) is 0.757. The minimum Gasteiger partial charge on any atom is -0.453 e. The Labute approximate surface area is 112 Å². The smallest absolute Gasteiger partial charge is 0.314 e. The van der Waals surface area contributed by atoms with Crippen molar-refractivity contribution < 1.29 is 9.21 Å². The lowest BCUT2D eigenvalue weighted by atomic mass is 10.1. The zero-order valence-electron chi connectivity index (χ0n) is 10.5. The molecule has 2 aromatic heterocycles. The van der Waals surface area contributed by atoms with E-state index in [0.717, 1.165) is 11.1 Å². The molecular formula is C14H10N2O4. The molecule has 3 rings (SSSR count). The van der Waals surface area contributed by atoms with E-state index in [-0.39, 0.29) is 5.76 Å². The minimum atomic E-state index is -0.708. The third-order valence-corrected chi connectivity index (χ3v) is 3.08. The third kappa shape index (κ3) is 1.87. The number of hydrogen-bond donors (Lipinski definition) is 2. The molecule has 20 heavy (non-hydrogen) atoms. The molecule has 0 atom stereocenters. The van der Waals surface area contributed by atoms with Crippen LogP contribution >= 0.6 is 0 Å². The second-order valence-electron chi connectivity index (χ2n) is 4.44. The van der Waals surface area contributed by atoms with Gasteiger partial charge in [0.05, 0.1) is 11.0 Å². The van der Waals surface area contributed by atoms with E-state index < -0.39 is 11.1 Å². The largest absolute Gasteiger partial charge is 0.453 e. The Morgan fingerprint density at radius 3 is 2.30 bits per heavy atom. The predicted octanol–water partition coefficient (Wildman–Crippen LogP) is 1.60. The fraction of sp³-hybridized carbons (Fsp3) is 0.0714. The molecule has 0 aliphatic carbocycles. The number of benzene rings is 1. The molecule has 2 N–H and O–H groups in total. The van der Waals surface area contributed by atoms with Crippen molar-refractivity contribution >= 4 is 17.3 Å². The van der Waals surface area contributed by atoms with Gasteiger partial charge in [0.2, 0.25) is 0 Å². The van der Waals surface area contributed by atoms with Crippen LogP contribution in [-0.2, 0) is 0 Å². The standard InChI is InChI=1S/C14H10N2O4/c1-7-4-10-11(16-14(19)13(18)15-10)5-9(7)12-3-2-8(6-17)20-12/h2-6H,1H3,(H,15,18)(H,16,19). The fourth-order valence-corrected chi connectivity index (χ4v) is 2.10. The molecule has 2 heterocycles. The highest BCUT2D eigenvalue weighted by molar-refractivity contribution is 5.82. The summed E-state index contributed by atoms with van der Waals surface area (Å²) in [7, 11) is 0. The Bertz CT molecular complexity index is 930. The van der Waals surface area contributed by atoms with Crippen LogP contribution in [0.1, 0.15) is 16.1 Å². The van der Waals surface area contributed by atoms with Gasteiger partial charge in [-0.2, -0.15) is 0 Å². The number of carbonyl (C=O) groups is 1. The number of aromatic amines is 2. The highest BCUT2D eigenvalue weighted by Gasteiger charge is 2.10. The van der Waals surface area contributed by atoms with Crippen LogP contribution < -0.4 is 11.1 Å². The molecule has 100 valence electrons. The van der Waals surface area contributed by atoms with Crippen LogP contribution in [0.25, 0.3) is 22.4 Å². The van der Waals surface area contributed by atoms with Gasteiger partial charge in [-0.15, -0.1) is 0 Å². The number of aromatic nitrogens is 2. The summed E-state index contributed by atoms with van der Waals surface area (Å²) in [5, 5.41) is 0. The number of carbonyl (C=O) groups excluding carboxylic acids is 1. The Hall–Kier alpha value is -2.89. The quantitative estimate of drug-likeness (QED) is 0.546. The molecule has 0 aliphatic heterocycles. The molecule has 0 fully saturated rings. The van der Waals surface area contributed by atoms with Gasteiger partial charge in [-0.3, -0.25) is 14.4 Å². The van der Waals surface area contributed by atoms with Gasteiger partial charge >= 0.3 is 11.1 Å². The van der Waals surface area contributed by atoms with Gasteiger partial charge in [0.25, 0.3) is 0 Å². The number of aldehydes is 1. The first-order valence-corrected chi connectivity index (χ1v) is 5.91. The summed E-state index contributed by atoms with van der Waals surface area (Å²) in [6.07, 6.45) is 0.624. The zero-order chi connectivity index (χ0) is 14.3. The molecule has 0 saturated carbocycles. The third-order valence-electron chi connectivity index (χ3n) is 3.08. The Kier molecular flexibility index (Phi) is 2.64. The molecule has 1 aromatic carbocycles. The number of H-pyrrole nitrogens is 2. The van der Waals surface area contributed by atoms with E-state index in [9.17, 15) is 14.4 Å². The van der Waals surface area contributed by atoms with Crippen LogP contribution in [0.2, 0.25) is 0 Å². The van der Waals surface area contributed by atoms with Crippen molar-refractivity contribution in [3.05, 3.63) is 56.3 Å². The number of aryl methyl sites for hydroxylation is 1. The molecule has 0 amide bonds. The normalized spacial score (nSPS) is 10.8. The molecule has 0 saturated heterocycles. The predicted molar refractivity (Wildman–Crippen MR) is 73.0 cm³/mol. The van der Waals surface area contributed by atoms with E-state index in [1.165, 1.54) is 0 Å². The molecule has 6 nitrogen and oxygen atoms in total. The molecule has 0 radical (unpaired) electrons. The molecule has 0 bridgehead atoms. The number of hydrogen-bond acceptors (Lipinski definition) is 4. The van der Waals surface area contributed by atoms with Crippen LogP contribution in [0.15, 0.2) is 38.3 Å². The number of nitrogens with one attached hydrogen (secondary N) is 2. The second-order valence-corrected chi connectivity index (χ2v) is 4.44. The first-order valence-electron chi connectivity index (χ1n) is 5.91. The topological polar surface area (TPSA) is 95.9 Å². The number of rotatable bonds is 2. The lowest BCUT2D eigenvalue weighted by Gasteiger charge is -2.05. The van der Waals surface area contributed by atoms with Crippen molar-refractivity contribution in [1.82, 2.24) is 9.97 Å². The van der Waals surface area contributed by atoms with E-state index in [0.29, 0.717) is 23.1 Å². The van der Waals surface area contributed by atoms with E-state index in [4.69, 9.17) is 4.42 Å². The van der Waals surface area contributed by atoms with Gasteiger partial charge in [0.1, 0.15) is 5.76 Å². The monoisotopic (exact) mass is 270 g/mol. The average molecular weight is 270 g/mol. The highest BCUT2D eigenvalue weighted by atomic mass is 16.3. The highest BCUT2D eigenvalue weighted by Crippen LogP contribution is 2.27. The maximum absolute atomic E-state index is 11.3. The Morgan fingerprint density at radius 1 is 1.05 bits per heavy atom. The summed E-state index contributed by atoms with van der Waals surface area (Å²) < 4.78 is 5.37. The van der Waals surface area contributed by atoms with Crippen LogP contribution in [0.4, 0.5) is 0 Å². The van der Waals surface area contributed by atoms with Gasteiger partial charge in [0.15, 0.2) is 12.0 Å². The van der Waals surface area contributed by atoms with Crippen molar-refractivity contribution in [2.45, 2.75) is 6.92 Å². The number of fused-ring (bicyclic) bond motifs is 1. The van der Waals surface area contributed by atoms with E-state index in [1.54, 1.807) is 24.3 Å². The molecule has 6 heteroatoms. The number of furan rings is 1. The van der Waals surface area contributed by atoms with Crippen LogP contribution in [0.5, 0.6) is 0 Å². The SMILES string of the molecule is Cc1cc2[nH]c(=O)c(=O)[nH]c2cc1-c1ccc(C=O)o1. The van der Waals surface area contributed by atoms with Crippen LogP contribution in [-0.4, -0.2) is 16.3 Å². The minimum absolute atomic E-state index is 0.231. The molecular weight excluding hydrogens is 260 g/mol. The maximum atomic E-state index is 11.3. The lowest BCUT2D eigenvalue weighted by Crippen LogP contribution is -2.28. The van der Waals surface area contributed by atoms with Crippen molar-refractivity contribution in [1.29, 1.82) is 0 Å². The summed E-state index contributed by atoms with van der Waals surface area (Å²) in [5.41, 5.74) is 1.24. The molecule has 0 spiro atoms. The molecule has 0 unspecified atom stereocenters. The lowest BCUT2D eigenvalue weighted by molar-refractivity contribution is 0.110. The zero-order valence-corrected chi connectivity index (χ0v) is 10.5. The van der Waals surface area contributed by atoms with E-state index in [1.807, 2.05) is 6.92 Å². The fourth-order valence-electron chi connectivity index (χ4n) is 2.10. The average Bonchev–Trinajstić information content (AvgIpc) is 2.89. The second kappa shape index (κ2) is 4.34. The first kappa shape index (κ1) is 12.2. The van der Waals surface area contributed by atoms with Crippen molar-refractivity contribution in [3.63, 3.8) is 0 Å². The molecule has 3 aromatic rings. The van der Waals surface area contributed by atoms with Gasteiger partial charge in [-0.1, -0.05) is 0 Å². The Balaban J connectivity index is 2.28. The van der Waals surface area contributed by atoms with Gasteiger partial charge in [-0.25, -0.2) is 0 Å². The van der Waals surface area contributed by atoms with Crippen molar-refractivity contribution in [2.24, 2.45) is 0 Å². The summed E-state index contributed by atoms with van der Waals surface area (Å²) in [6.45, 7) is 1.85. The Morgan fingerprint density at radius 2 is 1.70 bits per heavy atom. The summed E-state index contributed by atoms with van der Waals surface area (Å²) in [6, 6.07) is 6.70. The van der Waals surface area contributed by atoms with Crippen molar-refractivity contribution in [3.8, 4) is 11.3 Å². The van der Waals surface area contributed by atoms with Crippen molar-refractivity contribution in [2.75, 3.05) is 0 Å². The summed E-state index contributed by atoms with van der Waals surface area (Å²) >= 11 is 0. The van der Waals surface area contributed by atoms with Crippen LogP contribution in [0.3, 0.4) is 0 Å². The van der Waals surface area contributed by atoms with Gasteiger partial charge < -0.3 is 14.4 Å². The maximum Gasteiger partial charge on any atom is 0.314 e. The van der Waals surface area contributed by atoms with Gasteiger partial charge in [0, 0.05) is 5.56 Å². The van der Waals surface area contributed by atoms with E-state index in [2.05, 4.69) is 9.97 Å². The van der Waals surface area contributed by atoms with E-state index >= 15 is 0 Å². The molecule has 0 aliphatic rings.